The highest BCUT2D eigenvalue weighted by atomic mass is 32.2. The van der Waals surface area contributed by atoms with Gasteiger partial charge in [-0.05, 0) is 46.7 Å². The summed E-state index contributed by atoms with van der Waals surface area (Å²) in [6, 6.07) is 7.95. The number of rotatable bonds is 8. The molecule has 6 nitrogen and oxygen atoms in total. The van der Waals surface area contributed by atoms with Crippen molar-refractivity contribution in [1.29, 1.82) is 0 Å². The zero-order valence-electron chi connectivity index (χ0n) is 13.5. The fraction of sp³-hybridized carbons (Fsp3) is 0.312. The van der Waals surface area contributed by atoms with Crippen LogP contribution in [0.1, 0.15) is 25.0 Å². The lowest BCUT2D eigenvalue weighted by Gasteiger charge is -2.15. The number of hydrogen-bond acceptors (Lipinski definition) is 5. The first kappa shape index (κ1) is 18.6. The highest BCUT2D eigenvalue weighted by Crippen LogP contribution is 2.20. The summed E-state index contributed by atoms with van der Waals surface area (Å²) >= 11 is 1.53. The summed E-state index contributed by atoms with van der Waals surface area (Å²) in [6.45, 7) is 1.89. The van der Waals surface area contributed by atoms with Gasteiger partial charge in [0.2, 0.25) is 15.9 Å². The van der Waals surface area contributed by atoms with Crippen molar-refractivity contribution in [2.75, 3.05) is 19.0 Å². The molecule has 2 N–H and O–H groups in total. The Morgan fingerprint density at radius 2 is 1.96 bits per heavy atom. The molecule has 1 heterocycles. The maximum absolute atomic E-state index is 12.4. The van der Waals surface area contributed by atoms with Gasteiger partial charge < -0.3 is 10.1 Å². The van der Waals surface area contributed by atoms with Crippen LogP contribution in [-0.2, 0) is 19.6 Å². The molecular weight excluding hydrogens is 348 g/mol. The van der Waals surface area contributed by atoms with Gasteiger partial charge in [0, 0.05) is 25.8 Å². The van der Waals surface area contributed by atoms with Crippen LogP contribution in [0, 0.1) is 0 Å². The first-order valence-corrected chi connectivity index (χ1v) is 9.83. The van der Waals surface area contributed by atoms with Crippen molar-refractivity contribution in [3.8, 4) is 0 Å². The molecule has 1 amide bonds. The van der Waals surface area contributed by atoms with E-state index in [1.54, 1.807) is 26.2 Å². The summed E-state index contributed by atoms with van der Waals surface area (Å²) in [5.74, 6) is -0.123. The van der Waals surface area contributed by atoms with Gasteiger partial charge in [-0.2, -0.15) is 11.3 Å². The van der Waals surface area contributed by atoms with Crippen LogP contribution in [0.15, 0.2) is 46.0 Å². The van der Waals surface area contributed by atoms with Crippen LogP contribution in [0.25, 0.3) is 0 Å². The summed E-state index contributed by atoms with van der Waals surface area (Å²) in [5, 5.41) is 6.52. The Morgan fingerprint density at radius 3 is 2.50 bits per heavy atom. The molecule has 0 fully saturated rings. The number of amides is 1. The third-order valence-electron chi connectivity index (χ3n) is 3.43. The van der Waals surface area contributed by atoms with Crippen LogP contribution in [-0.4, -0.2) is 28.0 Å². The Hall–Kier alpha value is -1.74. The number of carbonyl (C=O) groups excluding carboxylic acids is 1. The number of hydrogen-bond donors (Lipinski definition) is 2. The monoisotopic (exact) mass is 368 g/mol. The van der Waals surface area contributed by atoms with Crippen molar-refractivity contribution in [2.24, 2.45) is 0 Å². The van der Waals surface area contributed by atoms with Gasteiger partial charge in [-0.1, -0.05) is 6.92 Å². The van der Waals surface area contributed by atoms with Gasteiger partial charge in [0.05, 0.1) is 11.0 Å². The second-order valence-corrected chi connectivity index (χ2v) is 7.61. The van der Waals surface area contributed by atoms with Crippen LogP contribution in [0.4, 0.5) is 5.69 Å². The molecule has 1 aromatic carbocycles. The molecule has 1 atom stereocenters. The van der Waals surface area contributed by atoms with E-state index in [4.69, 9.17) is 4.74 Å². The third kappa shape index (κ3) is 4.88. The van der Waals surface area contributed by atoms with Gasteiger partial charge in [-0.25, -0.2) is 13.1 Å². The molecular formula is C16H20N2O4S2. The van der Waals surface area contributed by atoms with Crippen molar-refractivity contribution >= 4 is 33.0 Å². The normalized spacial score (nSPS) is 12.8. The fourth-order valence-electron chi connectivity index (χ4n) is 2.03. The molecule has 0 aliphatic carbocycles. The van der Waals surface area contributed by atoms with Gasteiger partial charge >= 0.3 is 0 Å². The Bertz CT molecular complexity index is 756. The van der Waals surface area contributed by atoms with Gasteiger partial charge in [0.25, 0.3) is 0 Å². The van der Waals surface area contributed by atoms with Gasteiger partial charge in [0.1, 0.15) is 0 Å². The van der Waals surface area contributed by atoms with E-state index >= 15 is 0 Å². The van der Waals surface area contributed by atoms with Crippen molar-refractivity contribution in [3.63, 3.8) is 0 Å². The fourth-order valence-corrected chi connectivity index (χ4v) is 3.76. The number of carbonyl (C=O) groups is 1. The molecule has 2 rings (SSSR count). The summed E-state index contributed by atoms with van der Waals surface area (Å²) in [4.78, 5) is 11.5. The van der Waals surface area contributed by atoms with E-state index in [0.29, 0.717) is 12.1 Å². The number of anilines is 1. The smallest absolute Gasteiger partial charge is 0.240 e. The summed E-state index contributed by atoms with van der Waals surface area (Å²) in [6.07, 6.45) is 0.0249. The van der Waals surface area contributed by atoms with E-state index in [0.717, 1.165) is 5.56 Å². The van der Waals surface area contributed by atoms with E-state index in [9.17, 15) is 13.2 Å². The SMILES string of the molecule is CCC(=O)Nc1ccc(S(=O)(=O)NCC(OC)c2ccsc2)cc1. The number of methoxy groups -OCH3 is 1. The Labute approximate surface area is 145 Å². The zero-order valence-corrected chi connectivity index (χ0v) is 15.1. The molecule has 8 heteroatoms. The molecule has 0 saturated heterocycles. The summed E-state index contributed by atoms with van der Waals surface area (Å²) in [5.41, 5.74) is 1.50. The Morgan fingerprint density at radius 1 is 1.25 bits per heavy atom. The minimum absolute atomic E-state index is 0.123. The van der Waals surface area contributed by atoms with E-state index < -0.39 is 10.0 Å². The molecule has 130 valence electrons. The summed E-state index contributed by atoms with van der Waals surface area (Å²) in [7, 11) is -2.10. The quantitative estimate of drug-likeness (QED) is 0.750. The molecule has 0 bridgehead atoms. The lowest BCUT2D eigenvalue weighted by Crippen LogP contribution is -2.29. The van der Waals surface area contributed by atoms with Gasteiger partial charge in [-0.15, -0.1) is 0 Å². The molecule has 0 aliphatic rings. The molecule has 0 saturated carbocycles. The minimum Gasteiger partial charge on any atom is -0.375 e. The largest absolute Gasteiger partial charge is 0.375 e. The van der Waals surface area contributed by atoms with Crippen molar-refractivity contribution in [1.82, 2.24) is 4.72 Å². The highest BCUT2D eigenvalue weighted by molar-refractivity contribution is 7.89. The van der Waals surface area contributed by atoms with E-state index in [2.05, 4.69) is 10.0 Å². The van der Waals surface area contributed by atoms with Crippen LogP contribution >= 0.6 is 11.3 Å². The maximum atomic E-state index is 12.4. The van der Waals surface area contributed by atoms with Gasteiger partial charge in [0.15, 0.2) is 0 Å². The Kier molecular flexibility index (Phi) is 6.50. The van der Waals surface area contributed by atoms with Crippen LogP contribution in [0.3, 0.4) is 0 Å². The molecule has 0 radical (unpaired) electrons. The lowest BCUT2D eigenvalue weighted by atomic mass is 10.2. The van der Waals surface area contributed by atoms with Crippen molar-refractivity contribution in [3.05, 3.63) is 46.7 Å². The number of sulfonamides is 1. The summed E-state index contributed by atoms with van der Waals surface area (Å²) < 4.78 is 32.6. The predicted octanol–water partition coefficient (Wildman–Crippen LogP) is 2.76. The third-order valence-corrected chi connectivity index (χ3v) is 5.57. The zero-order chi connectivity index (χ0) is 17.6. The maximum Gasteiger partial charge on any atom is 0.240 e. The average molecular weight is 368 g/mol. The first-order chi connectivity index (χ1) is 11.5. The van der Waals surface area contributed by atoms with Crippen LogP contribution in [0.5, 0.6) is 0 Å². The molecule has 0 spiro atoms. The minimum atomic E-state index is -3.65. The second-order valence-electron chi connectivity index (χ2n) is 5.06. The highest BCUT2D eigenvalue weighted by Gasteiger charge is 2.18. The molecule has 1 aromatic heterocycles. The van der Waals surface area contributed by atoms with E-state index in [1.807, 2.05) is 16.8 Å². The van der Waals surface area contributed by atoms with Crippen molar-refractivity contribution in [2.45, 2.75) is 24.3 Å². The predicted molar refractivity (Wildman–Crippen MR) is 94.6 cm³/mol. The van der Waals surface area contributed by atoms with Crippen LogP contribution in [0.2, 0.25) is 0 Å². The number of thiophene rings is 1. The molecule has 1 unspecified atom stereocenters. The van der Waals surface area contributed by atoms with E-state index in [-0.39, 0.29) is 23.5 Å². The van der Waals surface area contributed by atoms with Crippen molar-refractivity contribution < 1.29 is 17.9 Å². The molecule has 24 heavy (non-hydrogen) atoms. The number of ether oxygens (including phenoxy) is 1. The Balaban J connectivity index is 2.03. The second kappa shape index (κ2) is 8.39. The number of benzene rings is 1. The molecule has 2 aromatic rings. The first-order valence-electron chi connectivity index (χ1n) is 7.40. The number of nitrogens with one attached hydrogen (secondary N) is 2. The topological polar surface area (TPSA) is 84.5 Å². The average Bonchev–Trinajstić information content (AvgIpc) is 3.10. The molecule has 0 aliphatic heterocycles. The van der Waals surface area contributed by atoms with E-state index in [1.165, 1.54) is 23.5 Å². The lowest BCUT2D eigenvalue weighted by molar-refractivity contribution is -0.115. The standard InChI is InChI=1S/C16H20N2O4S2/c1-3-16(19)18-13-4-6-14(7-5-13)24(20,21)17-10-15(22-2)12-8-9-23-11-12/h4-9,11,15,17H,3,10H2,1-2H3,(H,18,19). The van der Waals surface area contributed by atoms with Gasteiger partial charge in [-0.3, -0.25) is 4.79 Å². The van der Waals surface area contributed by atoms with Crippen LogP contribution < -0.4 is 10.0 Å².